The molecule has 0 aliphatic carbocycles. The molecular weight excluding hydrogens is 234 g/mol. The van der Waals surface area contributed by atoms with E-state index in [-0.39, 0.29) is 0 Å². The van der Waals surface area contributed by atoms with Gasteiger partial charge >= 0.3 is 0 Å². The molecule has 0 aliphatic heterocycles. The van der Waals surface area contributed by atoms with Gasteiger partial charge in [-0.1, -0.05) is 13.8 Å². The Morgan fingerprint density at radius 2 is 2.00 bits per heavy atom. The predicted molar refractivity (Wildman–Crippen MR) is 83.7 cm³/mol. The maximum absolute atomic E-state index is 4.70. The lowest BCUT2D eigenvalue weighted by atomic mass is 10.1. The van der Waals surface area contributed by atoms with Gasteiger partial charge in [0.2, 0.25) is 0 Å². The third-order valence-corrected chi connectivity index (χ3v) is 3.51. The van der Waals surface area contributed by atoms with Gasteiger partial charge in [0.25, 0.3) is 0 Å². The van der Waals surface area contributed by atoms with Crippen molar-refractivity contribution in [2.75, 3.05) is 18.0 Å². The third-order valence-electron chi connectivity index (χ3n) is 3.51. The van der Waals surface area contributed by atoms with Crippen molar-refractivity contribution in [2.24, 2.45) is 0 Å². The van der Waals surface area contributed by atoms with Crippen molar-refractivity contribution in [2.45, 2.75) is 60.0 Å². The third kappa shape index (κ3) is 4.83. The van der Waals surface area contributed by atoms with Crippen LogP contribution >= 0.6 is 0 Å². The Morgan fingerprint density at radius 1 is 1.26 bits per heavy atom. The van der Waals surface area contributed by atoms with Crippen molar-refractivity contribution in [3.8, 4) is 0 Å². The van der Waals surface area contributed by atoms with Gasteiger partial charge in [0.05, 0.1) is 0 Å². The molecule has 0 fully saturated rings. The fraction of sp³-hybridized carbons (Fsp3) is 0.688. The van der Waals surface area contributed by atoms with E-state index in [4.69, 9.17) is 4.98 Å². The van der Waals surface area contributed by atoms with Crippen LogP contribution in [-0.4, -0.2) is 24.1 Å². The molecule has 1 aromatic rings. The number of aryl methyl sites for hydroxylation is 1. The van der Waals surface area contributed by atoms with E-state index in [1.165, 1.54) is 12.0 Å². The number of pyridine rings is 1. The van der Waals surface area contributed by atoms with Gasteiger partial charge in [0, 0.05) is 24.8 Å². The highest BCUT2D eigenvalue weighted by atomic mass is 15.2. The monoisotopic (exact) mass is 263 g/mol. The Labute approximate surface area is 118 Å². The highest BCUT2D eigenvalue weighted by Crippen LogP contribution is 2.18. The second-order valence-corrected chi connectivity index (χ2v) is 5.20. The van der Waals surface area contributed by atoms with Crippen molar-refractivity contribution in [1.82, 2.24) is 10.3 Å². The highest BCUT2D eigenvalue weighted by Gasteiger charge is 2.13. The minimum atomic E-state index is 0.538. The van der Waals surface area contributed by atoms with E-state index in [2.05, 4.69) is 57.0 Å². The fourth-order valence-corrected chi connectivity index (χ4v) is 2.30. The fourth-order valence-electron chi connectivity index (χ4n) is 2.30. The topological polar surface area (TPSA) is 28.2 Å². The number of anilines is 1. The molecule has 1 heterocycles. The standard InChI is InChI=1S/C16H29N3/c1-6-9-17-12-15-10-13(4)18-16(11-15)19(8-3)14(5)7-2/h10-11,14,17H,6-9,12H2,1-5H3. The Bertz CT molecular complexity index is 376. The summed E-state index contributed by atoms with van der Waals surface area (Å²) in [5, 5.41) is 3.46. The Hall–Kier alpha value is -1.09. The first-order valence-electron chi connectivity index (χ1n) is 7.57. The highest BCUT2D eigenvalue weighted by molar-refractivity contribution is 5.43. The van der Waals surface area contributed by atoms with E-state index in [1.54, 1.807) is 0 Å². The van der Waals surface area contributed by atoms with Crippen LogP contribution in [0.15, 0.2) is 12.1 Å². The van der Waals surface area contributed by atoms with E-state index < -0.39 is 0 Å². The van der Waals surface area contributed by atoms with E-state index >= 15 is 0 Å². The zero-order chi connectivity index (χ0) is 14.3. The summed E-state index contributed by atoms with van der Waals surface area (Å²) >= 11 is 0. The minimum Gasteiger partial charge on any atom is -0.354 e. The molecule has 0 aliphatic rings. The van der Waals surface area contributed by atoms with Crippen LogP contribution in [0.4, 0.5) is 5.82 Å². The molecule has 3 nitrogen and oxygen atoms in total. The molecule has 19 heavy (non-hydrogen) atoms. The zero-order valence-electron chi connectivity index (χ0n) is 13.2. The molecule has 1 atom stereocenters. The van der Waals surface area contributed by atoms with Crippen LogP contribution in [0.25, 0.3) is 0 Å². The quantitative estimate of drug-likeness (QED) is 0.727. The molecular formula is C16H29N3. The summed E-state index contributed by atoms with van der Waals surface area (Å²) < 4.78 is 0. The first-order valence-corrected chi connectivity index (χ1v) is 7.57. The van der Waals surface area contributed by atoms with Crippen molar-refractivity contribution >= 4 is 5.82 Å². The number of nitrogens with one attached hydrogen (secondary N) is 1. The number of nitrogens with zero attached hydrogens (tertiary/aromatic N) is 2. The van der Waals surface area contributed by atoms with E-state index in [0.29, 0.717) is 6.04 Å². The maximum Gasteiger partial charge on any atom is 0.129 e. The Morgan fingerprint density at radius 3 is 2.58 bits per heavy atom. The summed E-state index contributed by atoms with van der Waals surface area (Å²) in [6, 6.07) is 4.94. The van der Waals surface area contributed by atoms with E-state index in [1.807, 2.05) is 0 Å². The number of hydrogen-bond acceptors (Lipinski definition) is 3. The summed E-state index contributed by atoms with van der Waals surface area (Å²) in [7, 11) is 0. The molecule has 0 saturated heterocycles. The largest absolute Gasteiger partial charge is 0.354 e. The van der Waals surface area contributed by atoms with Crippen molar-refractivity contribution in [3.63, 3.8) is 0 Å². The summed E-state index contributed by atoms with van der Waals surface area (Å²) in [6.45, 7) is 14.0. The first kappa shape index (κ1) is 16.0. The normalized spacial score (nSPS) is 12.5. The van der Waals surface area contributed by atoms with Gasteiger partial charge in [0.15, 0.2) is 0 Å². The predicted octanol–water partition coefficient (Wildman–Crippen LogP) is 3.51. The average molecular weight is 263 g/mol. The van der Waals surface area contributed by atoms with Gasteiger partial charge in [0.1, 0.15) is 5.82 Å². The lowest BCUT2D eigenvalue weighted by molar-refractivity contribution is 0.620. The summed E-state index contributed by atoms with van der Waals surface area (Å²) in [5.74, 6) is 1.12. The molecule has 0 aromatic carbocycles. The summed E-state index contributed by atoms with van der Waals surface area (Å²) in [4.78, 5) is 7.09. The van der Waals surface area contributed by atoms with Crippen LogP contribution in [0.1, 0.15) is 51.8 Å². The number of hydrogen-bond donors (Lipinski definition) is 1. The molecule has 0 saturated carbocycles. The van der Waals surface area contributed by atoms with Gasteiger partial charge in [-0.25, -0.2) is 4.98 Å². The van der Waals surface area contributed by atoms with Crippen LogP contribution in [0.5, 0.6) is 0 Å². The second-order valence-electron chi connectivity index (χ2n) is 5.20. The SMILES string of the molecule is CCCNCc1cc(C)nc(N(CC)C(C)CC)c1. The molecule has 0 spiro atoms. The molecule has 1 aromatic heterocycles. The summed E-state index contributed by atoms with van der Waals surface area (Å²) in [6.07, 6.45) is 2.32. The molecule has 1 unspecified atom stereocenters. The maximum atomic E-state index is 4.70. The molecule has 3 heteroatoms. The number of aromatic nitrogens is 1. The first-order chi connectivity index (χ1) is 9.12. The lowest BCUT2D eigenvalue weighted by Gasteiger charge is -2.29. The van der Waals surface area contributed by atoms with Crippen LogP contribution in [-0.2, 0) is 6.54 Å². The average Bonchev–Trinajstić information content (AvgIpc) is 2.39. The molecule has 0 bridgehead atoms. The van der Waals surface area contributed by atoms with Crippen molar-refractivity contribution < 1.29 is 0 Å². The van der Waals surface area contributed by atoms with Crippen LogP contribution in [0.2, 0.25) is 0 Å². The van der Waals surface area contributed by atoms with Gasteiger partial charge in [-0.3, -0.25) is 0 Å². The van der Waals surface area contributed by atoms with Crippen LogP contribution in [0.3, 0.4) is 0 Å². The Kier molecular flexibility index (Phi) is 6.85. The van der Waals surface area contributed by atoms with Crippen LogP contribution < -0.4 is 10.2 Å². The molecule has 1 rings (SSSR count). The van der Waals surface area contributed by atoms with Gasteiger partial charge in [-0.2, -0.15) is 0 Å². The minimum absolute atomic E-state index is 0.538. The zero-order valence-corrected chi connectivity index (χ0v) is 13.2. The van der Waals surface area contributed by atoms with Crippen molar-refractivity contribution in [1.29, 1.82) is 0 Å². The van der Waals surface area contributed by atoms with Gasteiger partial charge in [-0.05, 0) is 57.9 Å². The molecule has 108 valence electrons. The molecule has 0 radical (unpaired) electrons. The molecule has 1 N–H and O–H groups in total. The van der Waals surface area contributed by atoms with E-state index in [9.17, 15) is 0 Å². The van der Waals surface area contributed by atoms with Crippen molar-refractivity contribution in [3.05, 3.63) is 23.4 Å². The second kappa shape index (κ2) is 8.16. The van der Waals surface area contributed by atoms with E-state index in [0.717, 1.165) is 37.6 Å². The Balaban J connectivity index is 2.87. The van der Waals surface area contributed by atoms with Gasteiger partial charge < -0.3 is 10.2 Å². The lowest BCUT2D eigenvalue weighted by Crippen LogP contribution is -2.33. The summed E-state index contributed by atoms with van der Waals surface area (Å²) in [5.41, 5.74) is 2.44. The molecule has 0 amide bonds. The smallest absolute Gasteiger partial charge is 0.129 e. The van der Waals surface area contributed by atoms with Gasteiger partial charge in [-0.15, -0.1) is 0 Å². The number of rotatable bonds is 8. The van der Waals surface area contributed by atoms with Crippen LogP contribution in [0, 0.1) is 6.92 Å².